The maximum atomic E-state index is 12.5. The van der Waals surface area contributed by atoms with E-state index in [0.29, 0.717) is 28.6 Å². The van der Waals surface area contributed by atoms with E-state index in [-0.39, 0.29) is 16.6 Å². The Bertz CT molecular complexity index is 923. The Morgan fingerprint density at radius 2 is 2.27 bits per heavy atom. The number of nitriles is 1. The maximum absolute atomic E-state index is 12.5. The van der Waals surface area contributed by atoms with Crippen LogP contribution in [0.4, 0.5) is 5.69 Å². The predicted octanol–water partition coefficient (Wildman–Crippen LogP) is 2.99. The van der Waals surface area contributed by atoms with Crippen LogP contribution in [0, 0.1) is 11.3 Å². The van der Waals surface area contributed by atoms with Crippen molar-refractivity contribution in [2.45, 2.75) is 30.7 Å². The van der Waals surface area contributed by atoms with Crippen LogP contribution in [-0.4, -0.2) is 28.2 Å². The van der Waals surface area contributed by atoms with Gasteiger partial charge in [-0.25, -0.2) is 4.98 Å². The first kappa shape index (κ1) is 19.8. The van der Waals surface area contributed by atoms with E-state index in [1.54, 1.807) is 32.0 Å². The summed E-state index contributed by atoms with van der Waals surface area (Å²) < 4.78 is 5.20. The topological polar surface area (TPSA) is 108 Å². The van der Waals surface area contributed by atoms with Gasteiger partial charge in [0, 0.05) is 5.02 Å². The molecule has 9 heteroatoms. The molecule has 1 heterocycles. The number of thioether (sulfide) groups is 1. The molecule has 0 saturated heterocycles. The van der Waals surface area contributed by atoms with Crippen LogP contribution < -0.4 is 15.6 Å². The molecule has 1 aromatic heterocycles. The van der Waals surface area contributed by atoms with Gasteiger partial charge in [-0.05, 0) is 31.5 Å². The summed E-state index contributed by atoms with van der Waals surface area (Å²) in [5, 5.41) is 12.0. The Balaban J connectivity index is 2.18. The molecule has 1 aromatic carbocycles. The average Bonchev–Trinajstić information content (AvgIpc) is 2.61. The number of rotatable bonds is 6. The Labute approximate surface area is 159 Å². The number of nitrogens with one attached hydrogen (secondary N) is 2. The van der Waals surface area contributed by atoms with E-state index in [1.807, 2.05) is 6.07 Å². The predicted molar refractivity (Wildman–Crippen MR) is 101 cm³/mol. The minimum absolute atomic E-state index is 0.00221. The molecule has 0 aliphatic heterocycles. The van der Waals surface area contributed by atoms with E-state index in [0.717, 1.165) is 11.8 Å². The molecule has 0 fully saturated rings. The third-order valence-electron chi connectivity index (χ3n) is 3.50. The lowest BCUT2D eigenvalue weighted by Crippen LogP contribution is -2.24. The minimum Gasteiger partial charge on any atom is -0.495 e. The third-order valence-corrected chi connectivity index (χ3v) is 4.72. The highest BCUT2D eigenvalue weighted by Gasteiger charge is 2.19. The van der Waals surface area contributed by atoms with Crippen LogP contribution in [0.3, 0.4) is 0 Å². The zero-order chi connectivity index (χ0) is 19.3. The second-order valence-electron chi connectivity index (χ2n) is 5.25. The van der Waals surface area contributed by atoms with E-state index >= 15 is 0 Å². The summed E-state index contributed by atoms with van der Waals surface area (Å²) in [6.45, 7) is 3.49. The molecule has 1 atom stereocenters. The first-order valence-corrected chi connectivity index (χ1v) is 8.99. The number of hydrogen-bond donors (Lipinski definition) is 2. The summed E-state index contributed by atoms with van der Waals surface area (Å²) in [6.07, 6.45) is 0.445. The van der Waals surface area contributed by atoms with Crippen LogP contribution in [0.5, 0.6) is 5.75 Å². The quantitative estimate of drug-likeness (QED) is 0.578. The molecule has 136 valence electrons. The Morgan fingerprint density at radius 3 is 2.88 bits per heavy atom. The van der Waals surface area contributed by atoms with Gasteiger partial charge in [-0.15, -0.1) is 0 Å². The van der Waals surface area contributed by atoms with Gasteiger partial charge >= 0.3 is 0 Å². The van der Waals surface area contributed by atoms with Crippen molar-refractivity contribution in [3.05, 3.63) is 44.8 Å². The van der Waals surface area contributed by atoms with Crippen molar-refractivity contribution in [3.63, 3.8) is 0 Å². The van der Waals surface area contributed by atoms with E-state index in [9.17, 15) is 9.59 Å². The molecule has 2 N–H and O–H groups in total. The molecule has 0 saturated carbocycles. The van der Waals surface area contributed by atoms with Crippen LogP contribution >= 0.6 is 23.4 Å². The van der Waals surface area contributed by atoms with Gasteiger partial charge in [0.05, 0.1) is 23.7 Å². The molecule has 0 aliphatic rings. The number of hydrogen-bond acceptors (Lipinski definition) is 6. The lowest BCUT2D eigenvalue weighted by Gasteiger charge is -2.14. The van der Waals surface area contributed by atoms with Crippen LogP contribution in [-0.2, 0) is 11.2 Å². The monoisotopic (exact) mass is 392 g/mol. The van der Waals surface area contributed by atoms with Crippen molar-refractivity contribution in [1.29, 1.82) is 5.26 Å². The highest BCUT2D eigenvalue weighted by atomic mass is 35.5. The fourth-order valence-corrected chi connectivity index (χ4v) is 3.14. The largest absolute Gasteiger partial charge is 0.495 e. The minimum atomic E-state index is -0.556. The van der Waals surface area contributed by atoms with Gasteiger partial charge < -0.3 is 15.0 Å². The standard InChI is InChI=1S/C17H17ClN4O3S/c1-4-12-11(8-19)16(24)22-17(21-12)26-9(2)15(23)20-13-7-10(18)5-6-14(13)25-3/h5-7,9H,4H2,1-3H3,(H,20,23)(H,21,22,24). The fraction of sp³-hybridized carbons (Fsp3) is 0.294. The second kappa shape index (κ2) is 8.74. The Hall–Kier alpha value is -2.50. The molecule has 0 spiro atoms. The number of anilines is 1. The molecule has 26 heavy (non-hydrogen) atoms. The van der Waals surface area contributed by atoms with Gasteiger partial charge in [0.25, 0.3) is 5.56 Å². The average molecular weight is 393 g/mol. The number of halogens is 1. The number of ether oxygens (including phenoxy) is 1. The molecule has 1 amide bonds. The summed E-state index contributed by atoms with van der Waals surface area (Å²) in [5.74, 6) is 0.179. The van der Waals surface area contributed by atoms with Gasteiger partial charge in [-0.3, -0.25) is 9.59 Å². The zero-order valence-electron chi connectivity index (χ0n) is 14.4. The SMILES string of the molecule is CCc1nc(SC(C)C(=O)Nc2cc(Cl)ccc2OC)[nH]c(=O)c1C#N. The number of aryl methyl sites for hydroxylation is 1. The van der Waals surface area contributed by atoms with Crippen molar-refractivity contribution in [1.82, 2.24) is 9.97 Å². The number of benzene rings is 1. The van der Waals surface area contributed by atoms with Crippen LogP contribution in [0.1, 0.15) is 25.1 Å². The van der Waals surface area contributed by atoms with Gasteiger partial charge in [0.15, 0.2) is 5.16 Å². The number of carbonyl (C=O) groups excluding carboxylic acids is 1. The summed E-state index contributed by atoms with van der Waals surface area (Å²) in [5.41, 5.74) is 0.347. The lowest BCUT2D eigenvalue weighted by atomic mass is 10.2. The number of nitrogens with zero attached hydrogens (tertiary/aromatic N) is 2. The summed E-state index contributed by atoms with van der Waals surface area (Å²) in [7, 11) is 1.49. The summed E-state index contributed by atoms with van der Waals surface area (Å²) >= 11 is 7.05. The zero-order valence-corrected chi connectivity index (χ0v) is 16.0. The van der Waals surface area contributed by atoms with Gasteiger partial charge in [0.1, 0.15) is 17.4 Å². The van der Waals surface area contributed by atoms with Crippen molar-refractivity contribution in [2.24, 2.45) is 0 Å². The number of aromatic amines is 1. The van der Waals surface area contributed by atoms with Crippen molar-refractivity contribution in [2.75, 3.05) is 12.4 Å². The molecule has 1 unspecified atom stereocenters. The first-order valence-electron chi connectivity index (χ1n) is 7.73. The summed E-state index contributed by atoms with van der Waals surface area (Å²) in [4.78, 5) is 31.2. The van der Waals surface area contributed by atoms with Crippen molar-refractivity contribution in [3.8, 4) is 11.8 Å². The Morgan fingerprint density at radius 1 is 1.54 bits per heavy atom. The van der Waals surface area contributed by atoms with Crippen molar-refractivity contribution < 1.29 is 9.53 Å². The number of aromatic nitrogens is 2. The molecule has 0 radical (unpaired) electrons. The third kappa shape index (κ3) is 4.56. The van der Waals surface area contributed by atoms with E-state index in [4.69, 9.17) is 21.6 Å². The number of methoxy groups -OCH3 is 1. The number of H-pyrrole nitrogens is 1. The molecule has 2 aromatic rings. The number of amides is 1. The van der Waals surface area contributed by atoms with Crippen LogP contribution in [0.25, 0.3) is 0 Å². The van der Waals surface area contributed by atoms with E-state index in [1.165, 1.54) is 7.11 Å². The van der Waals surface area contributed by atoms with E-state index in [2.05, 4.69) is 15.3 Å². The van der Waals surface area contributed by atoms with Crippen molar-refractivity contribution >= 4 is 35.0 Å². The molecule has 2 rings (SSSR count). The smallest absolute Gasteiger partial charge is 0.269 e. The molecular formula is C17H17ClN4O3S. The summed E-state index contributed by atoms with van der Waals surface area (Å²) in [6, 6.07) is 6.75. The van der Waals surface area contributed by atoms with E-state index < -0.39 is 10.8 Å². The van der Waals surface area contributed by atoms with Crippen LogP contribution in [0.2, 0.25) is 5.02 Å². The van der Waals surface area contributed by atoms with Gasteiger partial charge in [-0.2, -0.15) is 5.26 Å². The van der Waals surface area contributed by atoms with Gasteiger partial charge in [0.2, 0.25) is 5.91 Å². The highest BCUT2D eigenvalue weighted by Crippen LogP contribution is 2.29. The first-order chi connectivity index (χ1) is 12.4. The number of carbonyl (C=O) groups is 1. The second-order valence-corrected chi connectivity index (χ2v) is 7.02. The van der Waals surface area contributed by atoms with Crippen LogP contribution in [0.15, 0.2) is 28.2 Å². The molecule has 0 bridgehead atoms. The molecule has 7 nitrogen and oxygen atoms in total. The fourth-order valence-electron chi connectivity index (χ4n) is 2.16. The normalized spacial score (nSPS) is 11.5. The molecular weight excluding hydrogens is 376 g/mol. The highest BCUT2D eigenvalue weighted by molar-refractivity contribution is 8.00. The van der Waals surface area contributed by atoms with Gasteiger partial charge in [-0.1, -0.05) is 30.3 Å². The Kier molecular flexibility index (Phi) is 6.66. The maximum Gasteiger partial charge on any atom is 0.269 e. The molecule has 0 aliphatic carbocycles. The lowest BCUT2D eigenvalue weighted by molar-refractivity contribution is -0.115.